The summed E-state index contributed by atoms with van der Waals surface area (Å²) in [5.41, 5.74) is 0.320. The largest absolute Gasteiger partial charge is 0.359 e. The van der Waals surface area contributed by atoms with E-state index in [1.807, 2.05) is 11.8 Å². The van der Waals surface area contributed by atoms with Crippen molar-refractivity contribution < 1.29 is 4.52 Å². The summed E-state index contributed by atoms with van der Waals surface area (Å²) < 4.78 is 4.96. The van der Waals surface area contributed by atoms with Crippen LogP contribution in [0.1, 0.15) is 38.5 Å². The summed E-state index contributed by atoms with van der Waals surface area (Å²) in [6, 6.07) is 0. The molecule has 0 atom stereocenters. The third-order valence-corrected chi connectivity index (χ3v) is 5.28. The molecule has 0 amide bonds. The van der Waals surface area contributed by atoms with Gasteiger partial charge in [0.05, 0.1) is 6.54 Å². The van der Waals surface area contributed by atoms with E-state index < -0.39 is 0 Å². The van der Waals surface area contributed by atoms with E-state index in [9.17, 15) is 0 Å². The number of thioether (sulfide) groups is 1. The molecular weight excluding hydrogens is 260 g/mol. The molecule has 1 spiro atoms. The van der Waals surface area contributed by atoms with Gasteiger partial charge in [0.1, 0.15) is 0 Å². The van der Waals surface area contributed by atoms with Crippen LogP contribution >= 0.6 is 11.8 Å². The fourth-order valence-electron chi connectivity index (χ4n) is 2.73. The predicted octanol–water partition coefficient (Wildman–Crippen LogP) is 2.25. The maximum absolute atomic E-state index is 4.96. The Hall–Kier alpha value is -1.04. The van der Waals surface area contributed by atoms with Gasteiger partial charge in [-0.15, -0.1) is 0 Å². The van der Waals surface area contributed by atoms with Crippen LogP contribution in [0.4, 0.5) is 0 Å². The number of hydrogen-bond acceptors (Lipinski definition) is 5. The minimum Gasteiger partial charge on any atom is -0.359 e. The Kier molecular flexibility index (Phi) is 3.77. The molecule has 0 unspecified atom stereocenters. The summed E-state index contributed by atoms with van der Waals surface area (Å²) in [7, 11) is 0. The van der Waals surface area contributed by atoms with Crippen molar-refractivity contribution in [1.82, 2.24) is 15.5 Å². The van der Waals surface area contributed by atoms with Crippen LogP contribution in [0.3, 0.4) is 0 Å². The second-order valence-electron chi connectivity index (χ2n) is 5.65. The van der Waals surface area contributed by atoms with Crippen LogP contribution in [-0.4, -0.2) is 33.1 Å². The normalized spacial score (nSPS) is 32.9. The lowest BCUT2D eigenvalue weighted by Crippen LogP contribution is -2.46. The summed E-state index contributed by atoms with van der Waals surface area (Å²) in [6.45, 7) is 3.07. The molecule has 2 aliphatic rings. The van der Waals surface area contributed by atoms with E-state index in [-0.39, 0.29) is 0 Å². The van der Waals surface area contributed by atoms with Crippen molar-refractivity contribution in [1.29, 1.82) is 0 Å². The molecule has 2 fully saturated rings. The average molecular weight is 280 g/mol. The van der Waals surface area contributed by atoms with Gasteiger partial charge >= 0.3 is 0 Å². The van der Waals surface area contributed by atoms with Gasteiger partial charge in [-0.05, 0) is 31.6 Å². The van der Waals surface area contributed by atoms with E-state index in [4.69, 9.17) is 4.52 Å². The lowest BCUT2D eigenvalue weighted by atomic mass is 9.78. The van der Waals surface area contributed by atoms with E-state index in [0.29, 0.717) is 18.0 Å². The molecule has 1 saturated heterocycles. The third kappa shape index (κ3) is 3.11. The summed E-state index contributed by atoms with van der Waals surface area (Å²) >= 11 is 1.86. The van der Waals surface area contributed by atoms with Crippen LogP contribution in [0.5, 0.6) is 0 Å². The van der Waals surface area contributed by atoms with E-state index in [1.54, 1.807) is 0 Å². The van der Waals surface area contributed by atoms with Gasteiger partial charge in [0.2, 0.25) is 5.89 Å². The fraction of sp³-hybridized carbons (Fsp3) is 0.769. The Morgan fingerprint density at radius 2 is 2.37 bits per heavy atom. The second-order valence-corrected chi connectivity index (χ2v) is 6.61. The van der Waals surface area contributed by atoms with Crippen LogP contribution < -0.4 is 5.32 Å². The molecule has 1 aliphatic heterocycles. The first kappa shape index (κ1) is 13.0. The van der Waals surface area contributed by atoms with Crippen molar-refractivity contribution >= 4 is 16.9 Å². The molecule has 5 nitrogen and oxygen atoms in total. The molecule has 0 aromatic carbocycles. The quantitative estimate of drug-likeness (QED) is 0.920. The first-order valence-electron chi connectivity index (χ1n) is 6.97. The zero-order valence-electron chi connectivity index (χ0n) is 11.3. The zero-order valence-corrected chi connectivity index (χ0v) is 12.1. The van der Waals surface area contributed by atoms with Gasteiger partial charge in [-0.1, -0.05) is 23.8 Å². The maximum Gasteiger partial charge on any atom is 0.228 e. The SMILES string of the molecule is CC1CCC2(CC1)CSC(=NCCc1ncno1)N2. The summed E-state index contributed by atoms with van der Waals surface area (Å²) in [5.74, 6) is 2.71. The van der Waals surface area contributed by atoms with Gasteiger partial charge in [0.25, 0.3) is 0 Å². The molecule has 3 rings (SSSR count). The first-order chi connectivity index (χ1) is 9.26. The number of rotatable bonds is 3. The zero-order chi connectivity index (χ0) is 13.1. The van der Waals surface area contributed by atoms with Crippen molar-refractivity contribution in [2.75, 3.05) is 12.3 Å². The van der Waals surface area contributed by atoms with Gasteiger partial charge in [-0.25, -0.2) is 0 Å². The van der Waals surface area contributed by atoms with Crippen LogP contribution in [-0.2, 0) is 6.42 Å². The summed E-state index contributed by atoms with van der Waals surface area (Å²) in [5, 5.41) is 8.34. The lowest BCUT2D eigenvalue weighted by Gasteiger charge is -2.35. The molecule has 1 N–H and O–H groups in total. The van der Waals surface area contributed by atoms with Crippen molar-refractivity contribution in [2.24, 2.45) is 10.9 Å². The Morgan fingerprint density at radius 3 is 3.11 bits per heavy atom. The maximum atomic E-state index is 4.96. The van der Waals surface area contributed by atoms with E-state index in [2.05, 4.69) is 27.4 Å². The third-order valence-electron chi connectivity index (χ3n) is 4.08. The van der Waals surface area contributed by atoms with Crippen LogP contribution in [0.25, 0.3) is 0 Å². The molecule has 2 heterocycles. The molecule has 0 radical (unpaired) electrons. The Labute approximate surface area is 117 Å². The minimum absolute atomic E-state index is 0.320. The van der Waals surface area contributed by atoms with Gasteiger partial charge in [-0.2, -0.15) is 4.98 Å². The van der Waals surface area contributed by atoms with Crippen LogP contribution in [0.15, 0.2) is 15.8 Å². The number of nitrogens with zero attached hydrogens (tertiary/aromatic N) is 3. The fourth-order valence-corrected chi connectivity index (χ4v) is 3.98. The number of hydrogen-bond donors (Lipinski definition) is 1. The molecule has 1 aromatic rings. The standard InChI is InChI=1S/C13H20N4OS/c1-10-2-5-13(6-3-10)8-19-12(17-13)14-7-4-11-15-9-16-18-11/h9-10H,2-8H2,1H3,(H,14,17). The Balaban J connectivity index is 1.51. The average Bonchev–Trinajstić information content (AvgIpc) is 3.05. The number of nitrogens with one attached hydrogen (secondary N) is 1. The van der Waals surface area contributed by atoms with Gasteiger partial charge < -0.3 is 9.84 Å². The first-order valence-corrected chi connectivity index (χ1v) is 7.95. The smallest absolute Gasteiger partial charge is 0.228 e. The molecule has 0 bridgehead atoms. The monoisotopic (exact) mass is 280 g/mol. The minimum atomic E-state index is 0.320. The van der Waals surface area contributed by atoms with Crippen molar-refractivity contribution in [2.45, 2.75) is 44.6 Å². The van der Waals surface area contributed by atoms with Gasteiger partial charge in [0.15, 0.2) is 11.5 Å². The molecule has 1 aromatic heterocycles. The topological polar surface area (TPSA) is 63.3 Å². The summed E-state index contributed by atoms with van der Waals surface area (Å²) in [6.07, 6.45) is 7.39. The van der Waals surface area contributed by atoms with E-state index >= 15 is 0 Å². The highest BCUT2D eigenvalue weighted by Gasteiger charge is 2.39. The number of aliphatic imine (C=N–C) groups is 1. The number of amidine groups is 1. The predicted molar refractivity (Wildman–Crippen MR) is 76.3 cm³/mol. The highest BCUT2D eigenvalue weighted by Crippen LogP contribution is 2.38. The van der Waals surface area contributed by atoms with Crippen molar-refractivity contribution in [3.8, 4) is 0 Å². The molecular formula is C13H20N4OS. The van der Waals surface area contributed by atoms with E-state index in [1.165, 1.54) is 37.8 Å². The highest BCUT2D eigenvalue weighted by molar-refractivity contribution is 8.14. The Morgan fingerprint density at radius 1 is 1.53 bits per heavy atom. The van der Waals surface area contributed by atoms with Crippen LogP contribution in [0.2, 0.25) is 0 Å². The molecule has 1 aliphatic carbocycles. The molecule has 104 valence electrons. The van der Waals surface area contributed by atoms with Gasteiger partial charge in [0, 0.05) is 17.7 Å². The van der Waals surface area contributed by atoms with Crippen LogP contribution in [0, 0.1) is 5.92 Å². The van der Waals surface area contributed by atoms with Gasteiger partial charge in [-0.3, -0.25) is 4.99 Å². The highest BCUT2D eigenvalue weighted by atomic mass is 32.2. The molecule has 6 heteroatoms. The van der Waals surface area contributed by atoms with Crippen molar-refractivity contribution in [3.63, 3.8) is 0 Å². The Bertz CT molecular complexity index is 438. The van der Waals surface area contributed by atoms with Crippen molar-refractivity contribution in [3.05, 3.63) is 12.2 Å². The lowest BCUT2D eigenvalue weighted by molar-refractivity contribution is 0.251. The molecule has 1 saturated carbocycles. The summed E-state index contributed by atoms with van der Waals surface area (Å²) in [4.78, 5) is 8.61. The second kappa shape index (κ2) is 5.53. The number of aromatic nitrogens is 2. The molecule has 19 heavy (non-hydrogen) atoms. The van der Waals surface area contributed by atoms with E-state index in [0.717, 1.165) is 17.5 Å².